The van der Waals surface area contributed by atoms with Crippen molar-refractivity contribution in [1.82, 2.24) is 10.6 Å². The van der Waals surface area contributed by atoms with Gasteiger partial charge >= 0.3 is 12.0 Å². The van der Waals surface area contributed by atoms with Crippen LogP contribution in [0.2, 0.25) is 0 Å². The van der Waals surface area contributed by atoms with Gasteiger partial charge in [0.25, 0.3) is 0 Å². The number of urea groups is 1. The second-order valence-electron chi connectivity index (χ2n) is 5.72. The van der Waals surface area contributed by atoms with E-state index in [1.54, 1.807) is 34.0 Å². The van der Waals surface area contributed by atoms with Crippen molar-refractivity contribution in [2.45, 2.75) is 46.2 Å². The molecule has 112 valence electrons. The monoisotopic (exact) mass is 292 g/mol. The Morgan fingerprint density at radius 2 is 1.79 bits per heavy atom. The van der Waals surface area contributed by atoms with Crippen molar-refractivity contribution in [2.75, 3.05) is 12.0 Å². The molecule has 2 unspecified atom stereocenters. The van der Waals surface area contributed by atoms with Crippen molar-refractivity contribution < 1.29 is 18.9 Å². The van der Waals surface area contributed by atoms with Gasteiger partial charge in [-0.2, -0.15) is 0 Å². The van der Waals surface area contributed by atoms with Crippen LogP contribution in [0.1, 0.15) is 34.1 Å². The fraction of sp³-hybridized carbons (Fsp3) is 0.833. The van der Waals surface area contributed by atoms with E-state index in [9.17, 15) is 13.8 Å². The Balaban J connectivity index is 4.35. The highest BCUT2D eigenvalue weighted by Crippen LogP contribution is 2.19. The van der Waals surface area contributed by atoms with Crippen LogP contribution in [0, 0.1) is 5.41 Å². The third-order valence-electron chi connectivity index (χ3n) is 2.60. The summed E-state index contributed by atoms with van der Waals surface area (Å²) in [7, 11) is -0.899. The van der Waals surface area contributed by atoms with E-state index >= 15 is 0 Å². The first kappa shape index (κ1) is 17.9. The van der Waals surface area contributed by atoms with Gasteiger partial charge in [0, 0.05) is 28.9 Å². The molecular formula is C12H24N2O4S. The second-order valence-corrected chi connectivity index (χ2v) is 7.28. The van der Waals surface area contributed by atoms with Crippen LogP contribution in [0.25, 0.3) is 0 Å². The number of hydrogen-bond acceptors (Lipinski definition) is 3. The molecule has 0 saturated carbocycles. The molecule has 0 aliphatic carbocycles. The summed E-state index contributed by atoms with van der Waals surface area (Å²) in [6.07, 6.45) is 2.19. The van der Waals surface area contributed by atoms with Crippen LogP contribution >= 0.6 is 0 Å². The van der Waals surface area contributed by atoms with Gasteiger partial charge in [0.05, 0.1) is 0 Å². The molecule has 2 amide bonds. The second kappa shape index (κ2) is 7.47. The number of carboxylic acid groups (broad SMARTS) is 1. The number of carboxylic acids is 1. The van der Waals surface area contributed by atoms with E-state index in [0.717, 1.165) is 0 Å². The number of carbonyl (C=O) groups is 2. The van der Waals surface area contributed by atoms with Crippen LogP contribution in [0.5, 0.6) is 0 Å². The smallest absolute Gasteiger partial charge is 0.326 e. The van der Waals surface area contributed by atoms with Crippen LogP contribution in [-0.2, 0) is 15.6 Å². The van der Waals surface area contributed by atoms with Crippen LogP contribution < -0.4 is 10.6 Å². The van der Waals surface area contributed by atoms with Gasteiger partial charge < -0.3 is 15.7 Å². The lowest BCUT2D eigenvalue weighted by Gasteiger charge is -2.28. The highest BCUT2D eigenvalue weighted by Gasteiger charge is 2.32. The quantitative estimate of drug-likeness (QED) is 0.679. The largest absolute Gasteiger partial charge is 0.480 e. The summed E-state index contributed by atoms with van der Waals surface area (Å²) in [5.74, 6) is -0.562. The Morgan fingerprint density at radius 1 is 1.26 bits per heavy atom. The summed E-state index contributed by atoms with van der Waals surface area (Å²) in [5.41, 5.74) is -0.572. The Morgan fingerprint density at radius 3 is 2.16 bits per heavy atom. The van der Waals surface area contributed by atoms with Crippen molar-refractivity contribution in [1.29, 1.82) is 0 Å². The lowest BCUT2D eigenvalue weighted by atomic mass is 9.87. The summed E-state index contributed by atoms with van der Waals surface area (Å²) in [6.45, 7) is 7.03. The molecule has 0 aliphatic heterocycles. The maximum Gasteiger partial charge on any atom is 0.326 e. The minimum Gasteiger partial charge on any atom is -0.480 e. The van der Waals surface area contributed by atoms with Gasteiger partial charge in [0.1, 0.15) is 6.04 Å². The van der Waals surface area contributed by atoms with Gasteiger partial charge in [-0.25, -0.2) is 9.59 Å². The highest BCUT2D eigenvalue weighted by molar-refractivity contribution is 7.84. The van der Waals surface area contributed by atoms with Gasteiger partial charge in [0.2, 0.25) is 0 Å². The summed E-state index contributed by atoms with van der Waals surface area (Å²) in [5, 5.41) is 14.2. The molecule has 0 bridgehead atoms. The highest BCUT2D eigenvalue weighted by atomic mass is 32.2. The van der Waals surface area contributed by atoms with E-state index in [-0.39, 0.29) is 6.04 Å². The van der Waals surface area contributed by atoms with E-state index in [1.165, 1.54) is 0 Å². The predicted octanol–water partition coefficient (Wildman–Crippen LogP) is 0.942. The van der Waals surface area contributed by atoms with Gasteiger partial charge in [0.15, 0.2) is 0 Å². The zero-order chi connectivity index (χ0) is 15.2. The molecule has 0 aromatic heterocycles. The summed E-state index contributed by atoms with van der Waals surface area (Å²) < 4.78 is 10.9. The van der Waals surface area contributed by atoms with Crippen LogP contribution in [-0.4, -0.2) is 45.4 Å². The van der Waals surface area contributed by atoms with Crippen molar-refractivity contribution in [3.63, 3.8) is 0 Å². The maximum atomic E-state index is 11.7. The predicted molar refractivity (Wildman–Crippen MR) is 75.6 cm³/mol. The molecule has 0 fully saturated rings. The van der Waals surface area contributed by atoms with Crippen LogP contribution in [0.15, 0.2) is 0 Å². The van der Waals surface area contributed by atoms with Crippen LogP contribution in [0.3, 0.4) is 0 Å². The molecule has 3 N–H and O–H groups in total. The fourth-order valence-electron chi connectivity index (χ4n) is 1.46. The van der Waals surface area contributed by atoms with Crippen molar-refractivity contribution in [3.05, 3.63) is 0 Å². The van der Waals surface area contributed by atoms with Gasteiger partial charge in [-0.3, -0.25) is 4.21 Å². The van der Waals surface area contributed by atoms with E-state index in [2.05, 4.69) is 10.6 Å². The molecule has 0 rings (SSSR count). The van der Waals surface area contributed by atoms with Crippen molar-refractivity contribution in [2.24, 2.45) is 5.41 Å². The lowest BCUT2D eigenvalue weighted by Crippen LogP contribution is -2.53. The van der Waals surface area contributed by atoms with Crippen molar-refractivity contribution >= 4 is 22.8 Å². The molecule has 0 heterocycles. The fourth-order valence-corrected chi connectivity index (χ4v) is 2.15. The number of carbonyl (C=O) groups excluding carboxylic acids is 1. The zero-order valence-corrected chi connectivity index (χ0v) is 13.0. The van der Waals surface area contributed by atoms with Crippen LogP contribution in [0.4, 0.5) is 4.79 Å². The molecule has 0 radical (unpaired) electrons. The number of hydrogen-bond donors (Lipinski definition) is 3. The summed E-state index contributed by atoms with van der Waals surface area (Å²) in [4.78, 5) is 22.8. The molecule has 6 nitrogen and oxygen atoms in total. The molecule has 0 aromatic carbocycles. The minimum absolute atomic E-state index is 0.154. The molecule has 0 saturated heterocycles. The first-order valence-electron chi connectivity index (χ1n) is 6.14. The van der Waals surface area contributed by atoms with E-state index in [1.807, 2.05) is 0 Å². The summed E-state index contributed by atoms with van der Waals surface area (Å²) >= 11 is 0. The molecule has 0 aromatic rings. The molecule has 7 heteroatoms. The lowest BCUT2D eigenvalue weighted by molar-refractivity contribution is -0.141. The molecule has 0 spiro atoms. The molecule has 3 atom stereocenters. The summed E-state index contributed by atoms with van der Waals surface area (Å²) in [6, 6.07) is -1.63. The van der Waals surface area contributed by atoms with E-state index in [4.69, 9.17) is 5.11 Å². The first-order chi connectivity index (χ1) is 8.54. The standard InChI is InChI=1S/C12H24N2O4S/c1-8(6-7-19(5)18)13-11(17)14-9(10(15)16)12(2,3)4/h8-9H,6-7H2,1-5H3,(H,15,16)(H2,13,14,17)/t8?,9-,19?/m1/s1. The molecular weight excluding hydrogens is 268 g/mol. The first-order valence-corrected chi connectivity index (χ1v) is 7.86. The Kier molecular flexibility index (Phi) is 7.04. The SMILES string of the molecule is CC(CCS(C)=O)NC(=O)N[C@H](C(=O)O)C(C)(C)C. The van der Waals surface area contributed by atoms with Gasteiger partial charge in [-0.15, -0.1) is 0 Å². The maximum absolute atomic E-state index is 11.7. The normalized spacial score (nSPS) is 16.3. The number of rotatable bonds is 6. The van der Waals surface area contributed by atoms with Gasteiger partial charge in [-0.05, 0) is 18.8 Å². The number of aliphatic carboxylic acids is 1. The Bertz CT molecular complexity index is 352. The Hall–Kier alpha value is -1.11. The third-order valence-corrected chi connectivity index (χ3v) is 3.41. The average Bonchev–Trinajstić information content (AvgIpc) is 2.21. The topological polar surface area (TPSA) is 95.5 Å². The van der Waals surface area contributed by atoms with E-state index in [0.29, 0.717) is 12.2 Å². The average molecular weight is 292 g/mol. The minimum atomic E-state index is -1.06. The molecule has 0 aliphatic rings. The number of nitrogens with one attached hydrogen (secondary N) is 2. The number of amides is 2. The van der Waals surface area contributed by atoms with Crippen molar-refractivity contribution in [3.8, 4) is 0 Å². The molecule has 19 heavy (non-hydrogen) atoms. The third kappa shape index (κ3) is 7.81. The van der Waals surface area contributed by atoms with E-state index < -0.39 is 34.3 Å². The van der Waals surface area contributed by atoms with Gasteiger partial charge in [-0.1, -0.05) is 20.8 Å². The Labute approximate surface area is 116 Å². The zero-order valence-electron chi connectivity index (χ0n) is 12.1.